The Morgan fingerprint density at radius 1 is 1.20 bits per heavy atom. The van der Waals surface area contributed by atoms with Crippen molar-refractivity contribution in [2.45, 2.75) is 37.1 Å². The molecule has 1 fully saturated rings. The number of esters is 1. The number of ether oxygens (including phenoxy) is 2. The molecule has 136 valence electrons. The molecule has 1 aromatic heterocycles. The summed E-state index contributed by atoms with van der Waals surface area (Å²) in [7, 11) is 1.30. The summed E-state index contributed by atoms with van der Waals surface area (Å²) < 4.78 is 11.9. The lowest BCUT2D eigenvalue weighted by Gasteiger charge is -2.40. The Balaban J connectivity index is 2.04. The first-order chi connectivity index (χ1) is 12.0. The number of aromatic nitrogens is 1. The Morgan fingerprint density at radius 2 is 1.92 bits per heavy atom. The number of benzene rings is 1. The van der Waals surface area contributed by atoms with Crippen LogP contribution in [0.15, 0.2) is 30.5 Å². The zero-order valence-electron chi connectivity index (χ0n) is 13.6. The fraction of sp³-hybridized carbons (Fsp3) is 0.471. The molecule has 0 bridgehead atoms. The van der Waals surface area contributed by atoms with E-state index in [0.717, 1.165) is 5.39 Å². The molecule has 1 aliphatic heterocycles. The second kappa shape index (κ2) is 7.11. The van der Waals surface area contributed by atoms with Crippen molar-refractivity contribution in [1.82, 2.24) is 4.57 Å². The maximum absolute atomic E-state index is 11.6. The van der Waals surface area contributed by atoms with Crippen molar-refractivity contribution in [2.24, 2.45) is 0 Å². The van der Waals surface area contributed by atoms with E-state index in [2.05, 4.69) is 0 Å². The summed E-state index contributed by atoms with van der Waals surface area (Å²) in [6, 6.07) is 7.23. The summed E-state index contributed by atoms with van der Waals surface area (Å²) in [5.41, 5.74) is 1.37. The second-order valence-electron chi connectivity index (χ2n) is 6.05. The van der Waals surface area contributed by atoms with Gasteiger partial charge in [-0.2, -0.15) is 0 Å². The molecule has 2 aromatic rings. The lowest BCUT2D eigenvalue weighted by molar-refractivity contribution is -0.250. The molecule has 8 heteroatoms. The number of carbonyl (C=O) groups excluding carboxylic acids is 1. The minimum absolute atomic E-state index is 0.0431. The molecule has 0 spiro atoms. The molecule has 0 aliphatic carbocycles. The van der Waals surface area contributed by atoms with Crippen LogP contribution in [0.25, 0.3) is 10.9 Å². The number of aliphatic hydroxyl groups is 4. The van der Waals surface area contributed by atoms with Crippen molar-refractivity contribution >= 4 is 16.9 Å². The highest BCUT2D eigenvalue weighted by Crippen LogP contribution is 2.33. The third kappa shape index (κ3) is 3.14. The average Bonchev–Trinajstić information content (AvgIpc) is 2.98. The highest BCUT2D eigenvalue weighted by molar-refractivity contribution is 5.88. The van der Waals surface area contributed by atoms with E-state index < -0.39 is 43.2 Å². The molecule has 2 heterocycles. The van der Waals surface area contributed by atoms with E-state index >= 15 is 0 Å². The monoisotopic (exact) mass is 351 g/mol. The lowest BCUT2D eigenvalue weighted by Crippen LogP contribution is -2.56. The van der Waals surface area contributed by atoms with Crippen LogP contribution in [0.5, 0.6) is 0 Å². The molecule has 8 nitrogen and oxygen atoms in total. The van der Waals surface area contributed by atoms with E-state index in [1.54, 1.807) is 22.9 Å². The molecular formula is C17H21NO7. The van der Waals surface area contributed by atoms with Gasteiger partial charge in [-0.25, -0.2) is 0 Å². The Kier molecular flexibility index (Phi) is 5.07. The average molecular weight is 351 g/mol. The van der Waals surface area contributed by atoms with Crippen molar-refractivity contribution in [3.05, 3.63) is 36.0 Å². The zero-order valence-corrected chi connectivity index (χ0v) is 13.6. The Hall–Kier alpha value is -1.97. The number of nitrogens with zero attached hydrogens (tertiary/aromatic N) is 1. The van der Waals surface area contributed by atoms with Crippen molar-refractivity contribution in [3.8, 4) is 0 Å². The molecule has 1 aromatic carbocycles. The van der Waals surface area contributed by atoms with Gasteiger partial charge in [-0.05, 0) is 11.6 Å². The number of hydrogen-bond donors (Lipinski definition) is 4. The number of fused-ring (bicyclic) bond motifs is 1. The van der Waals surface area contributed by atoms with Crippen molar-refractivity contribution in [2.75, 3.05) is 13.7 Å². The molecule has 5 atom stereocenters. The van der Waals surface area contributed by atoms with E-state index in [-0.39, 0.29) is 6.42 Å². The summed E-state index contributed by atoms with van der Waals surface area (Å²) >= 11 is 0. The van der Waals surface area contributed by atoms with Gasteiger partial charge in [0.05, 0.1) is 25.7 Å². The van der Waals surface area contributed by atoms with Crippen LogP contribution in [0.4, 0.5) is 0 Å². The molecule has 0 unspecified atom stereocenters. The smallest absolute Gasteiger partial charge is 0.310 e. The summed E-state index contributed by atoms with van der Waals surface area (Å²) in [5, 5.41) is 40.4. The van der Waals surface area contributed by atoms with Gasteiger partial charge in [0.25, 0.3) is 0 Å². The highest BCUT2D eigenvalue weighted by atomic mass is 16.6. The molecule has 4 N–H and O–H groups in total. The first kappa shape index (κ1) is 17.8. The first-order valence-corrected chi connectivity index (χ1v) is 7.93. The second-order valence-corrected chi connectivity index (χ2v) is 6.05. The Labute approximate surface area is 143 Å². The molecule has 3 rings (SSSR count). The van der Waals surface area contributed by atoms with Gasteiger partial charge >= 0.3 is 5.97 Å². The van der Waals surface area contributed by atoms with Crippen LogP contribution >= 0.6 is 0 Å². The molecule has 0 amide bonds. The first-order valence-electron chi connectivity index (χ1n) is 7.93. The summed E-state index contributed by atoms with van der Waals surface area (Å²) in [4.78, 5) is 11.6. The largest absolute Gasteiger partial charge is 0.469 e. The number of rotatable bonds is 4. The van der Waals surface area contributed by atoms with Gasteiger partial charge in [0.15, 0.2) is 6.23 Å². The van der Waals surface area contributed by atoms with E-state index in [1.807, 2.05) is 12.1 Å². The normalized spacial score (nSPS) is 29.7. The number of hydrogen-bond acceptors (Lipinski definition) is 7. The van der Waals surface area contributed by atoms with Gasteiger partial charge in [0.2, 0.25) is 0 Å². The quantitative estimate of drug-likeness (QED) is 0.539. The van der Waals surface area contributed by atoms with Crippen LogP contribution in [0.3, 0.4) is 0 Å². The molecule has 0 saturated carbocycles. The van der Waals surface area contributed by atoms with Gasteiger partial charge in [-0.1, -0.05) is 18.2 Å². The molecule has 0 radical (unpaired) electrons. The van der Waals surface area contributed by atoms with Crippen LogP contribution in [0, 0.1) is 0 Å². The SMILES string of the molecule is COC(=O)Cc1cn([C@H]2O[C@@H](CO)[C@@H](O)[C@H](O)[C@@H]2O)c2ccccc12. The standard InChI is InChI=1S/C17H21NO7/c1-24-13(20)6-9-7-18(11-5-3-2-4-10(9)11)17-16(23)15(22)14(21)12(8-19)25-17/h2-5,7,12,14-17,19,21-23H,6,8H2,1H3/t12-,14+,15-,16-,17-/m0/s1. The zero-order chi connectivity index (χ0) is 18.1. The molecule has 1 aliphatic rings. The minimum atomic E-state index is -1.47. The minimum Gasteiger partial charge on any atom is -0.469 e. The maximum Gasteiger partial charge on any atom is 0.310 e. The lowest BCUT2D eigenvalue weighted by atomic mass is 9.98. The number of aliphatic hydroxyl groups excluding tert-OH is 4. The van der Waals surface area contributed by atoms with Crippen LogP contribution < -0.4 is 0 Å². The van der Waals surface area contributed by atoms with Crippen molar-refractivity contribution in [3.63, 3.8) is 0 Å². The van der Waals surface area contributed by atoms with Crippen LogP contribution in [0.1, 0.15) is 11.8 Å². The fourth-order valence-electron chi connectivity index (χ4n) is 3.17. The number of carbonyl (C=O) groups is 1. The highest BCUT2D eigenvalue weighted by Gasteiger charge is 2.44. The summed E-state index contributed by atoms with van der Waals surface area (Å²) in [6.45, 7) is -0.504. The van der Waals surface area contributed by atoms with E-state index in [4.69, 9.17) is 9.47 Å². The number of para-hydroxylation sites is 1. The predicted octanol–water partition coefficient (Wildman–Crippen LogP) is -0.671. The van der Waals surface area contributed by atoms with Crippen LogP contribution in [0.2, 0.25) is 0 Å². The van der Waals surface area contributed by atoms with Gasteiger partial charge in [0.1, 0.15) is 24.4 Å². The summed E-state index contributed by atoms with van der Waals surface area (Å²) in [5.74, 6) is -0.406. The Morgan fingerprint density at radius 3 is 2.60 bits per heavy atom. The molecule has 1 saturated heterocycles. The Bertz CT molecular complexity index is 757. The number of methoxy groups -OCH3 is 1. The molecule has 25 heavy (non-hydrogen) atoms. The van der Waals surface area contributed by atoms with Crippen molar-refractivity contribution in [1.29, 1.82) is 0 Å². The molecular weight excluding hydrogens is 330 g/mol. The van der Waals surface area contributed by atoms with Crippen LogP contribution in [-0.2, 0) is 20.7 Å². The van der Waals surface area contributed by atoms with E-state index in [0.29, 0.717) is 11.1 Å². The van der Waals surface area contributed by atoms with Gasteiger partial charge < -0.3 is 34.5 Å². The topological polar surface area (TPSA) is 121 Å². The predicted molar refractivity (Wildman–Crippen MR) is 86.7 cm³/mol. The van der Waals surface area contributed by atoms with E-state index in [1.165, 1.54) is 7.11 Å². The summed E-state index contributed by atoms with van der Waals surface area (Å²) in [6.07, 6.45) is -4.63. The van der Waals surface area contributed by atoms with E-state index in [9.17, 15) is 25.2 Å². The third-order valence-electron chi connectivity index (χ3n) is 4.53. The van der Waals surface area contributed by atoms with Crippen molar-refractivity contribution < 1.29 is 34.7 Å². The fourth-order valence-corrected chi connectivity index (χ4v) is 3.17. The van der Waals surface area contributed by atoms with Gasteiger partial charge in [-0.15, -0.1) is 0 Å². The van der Waals surface area contributed by atoms with Gasteiger partial charge in [-0.3, -0.25) is 4.79 Å². The third-order valence-corrected chi connectivity index (χ3v) is 4.53. The maximum atomic E-state index is 11.6. The van der Waals surface area contributed by atoms with Crippen LogP contribution in [-0.4, -0.2) is 69.1 Å². The van der Waals surface area contributed by atoms with Gasteiger partial charge in [0, 0.05) is 11.6 Å².